The Kier molecular flexibility index (Phi) is 5.92. The van der Waals surface area contributed by atoms with Crippen molar-refractivity contribution in [1.82, 2.24) is 5.32 Å². The van der Waals surface area contributed by atoms with Gasteiger partial charge in [-0.25, -0.2) is 9.98 Å². The van der Waals surface area contributed by atoms with Crippen LogP contribution >= 0.6 is 0 Å². The molecule has 3 aromatic heterocycles. The third-order valence-corrected chi connectivity index (χ3v) is 9.96. The molecule has 1 unspecified atom stereocenters. The molecule has 4 heterocycles. The lowest BCUT2D eigenvalue weighted by Gasteiger charge is -2.22. The van der Waals surface area contributed by atoms with Crippen LogP contribution in [0.2, 0.25) is 0 Å². The lowest BCUT2D eigenvalue weighted by molar-refractivity contribution is 0.664. The molecule has 1 N–H and O–H groups in total. The largest absolute Gasteiger partial charge is 0.456 e. The van der Waals surface area contributed by atoms with Gasteiger partial charge in [0.1, 0.15) is 45.2 Å². The summed E-state index contributed by atoms with van der Waals surface area (Å²) in [5.41, 5.74) is 9.86. The third kappa shape index (κ3) is 4.30. The van der Waals surface area contributed by atoms with Crippen LogP contribution in [0.1, 0.15) is 22.9 Å². The zero-order valence-corrected chi connectivity index (χ0v) is 27.1. The lowest BCUT2D eigenvalue weighted by Crippen LogP contribution is -2.36. The monoisotopic (exact) mass is 657 g/mol. The Morgan fingerprint density at radius 1 is 0.412 bits per heavy atom. The first-order valence-corrected chi connectivity index (χ1v) is 17.0. The maximum absolute atomic E-state index is 6.73. The van der Waals surface area contributed by atoms with Crippen molar-refractivity contribution in [2.75, 3.05) is 0 Å². The molecule has 0 saturated heterocycles. The van der Waals surface area contributed by atoms with Crippen molar-refractivity contribution in [3.63, 3.8) is 0 Å². The third-order valence-electron chi connectivity index (χ3n) is 9.96. The number of para-hydroxylation sites is 4. The van der Waals surface area contributed by atoms with Gasteiger partial charge in [-0.05, 0) is 36.4 Å². The van der Waals surface area contributed by atoms with Crippen molar-refractivity contribution in [3.05, 3.63) is 168 Å². The summed E-state index contributed by atoms with van der Waals surface area (Å²) < 4.78 is 19.3. The van der Waals surface area contributed by atoms with Crippen LogP contribution in [0.15, 0.2) is 175 Å². The highest BCUT2D eigenvalue weighted by Crippen LogP contribution is 2.43. The fourth-order valence-electron chi connectivity index (χ4n) is 7.61. The molecule has 0 saturated carbocycles. The Bertz CT molecular complexity index is 3070. The summed E-state index contributed by atoms with van der Waals surface area (Å²) in [4.78, 5) is 10.5. The van der Waals surface area contributed by atoms with Crippen LogP contribution in [0, 0.1) is 0 Å². The van der Waals surface area contributed by atoms with E-state index in [1.807, 2.05) is 72.8 Å². The molecule has 6 nitrogen and oxygen atoms in total. The van der Waals surface area contributed by atoms with E-state index in [2.05, 4.69) is 84.2 Å². The zero-order chi connectivity index (χ0) is 33.5. The van der Waals surface area contributed by atoms with Gasteiger partial charge in [0.25, 0.3) is 0 Å². The molecule has 1 aliphatic rings. The molecule has 1 atom stereocenters. The van der Waals surface area contributed by atoms with Gasteiger partial charge in [-0.3, -0.25) is 0 Å². The van der Waals surface area contributed by atoms with E-state index >= 15 is 0 Å². The van der Waals surface area contributed by atoms with E-state index in [0.717, 1.165) is 105 Å². The molecule has 51 heavy (non-hydrogen) atoms. The van der Waals surface area contributed by atoms with Gasteiger partial charge in [-0.15, -0.1) is 0 Å². The minimum atomic E-state index is -0.528. The minimum absolute atomic E-state index is 0.528. The van der Waals surface area contributed by atoms with Gasteiger partial charge < -0.3 is 18.6 Å². The number of rotatable bonds is 4. The maximum atomic E-state index is 6.73. The summed E-state index contributed by atoms with van der Waals surface area (Å²) in [7, 11) is 0. The van der Waals surface area contributed by atoms with Crippen molar-refractivity contribution in [2.24, 2.45) is 9.98 Å². The first-order chi connectivity index (χ1) is 25.3. The van der Waals surface area contributed by atoms with Gasteiger partial charge in [0, 0.05) is 60.1 Å². The summed E-state index contributed by atoms with van der Waals surface area (Å²) in [6, 6.07) is 51.5. The molecule has 0 spiro atoms. The Labute approximate surface area is 291 Å². The number of hydrogen-bond donors (Lipinski definition) is 1. The van der Waals surface area contributed by atoms with Gasteiger partial charge in [0.05, 0.1) is 0 Å². The van der Waals surface area contributed by atoms with Crippen LogP contribution in [-0.2, 0) is 0 Å². The van der Waals surface area contributed by atoms with E-state index < -0.39 is 6.17 Å². The number of nitrogens with one attached hydrogen (secondary N) is 1. The van der Waals surface area contributed by atoms with E-state index in [0.29, 0.717) is 0 Å². The van der Waals surface area contributed by atoms with Crippen molar-refractivity contribution < 1.29 is 13.3 Å². The molecule has 11 rings (SSSR count). The molecular formula is C45H27N3O3. The Hall–Kier alpha value is -6.92. The molecule has 10 aromatic rings. The number of fused-ring (bicyclic) bond motifs is 9. The van der Waals surface area contributed by atoms with Crippen LogP contribution in [0.5, 0.6) is 0 Å². The first-order valence-electron chi connectivity index (χ1n) is 17.0. The average molecular weight is 658 g/mol. The quantitative estimate of drug-likeness (QED) is 0.204. The second kappa shape index (κ2) is 10.8. The number of nitrogens with zero attached hydrogens (tertiary/aromatic N) is 2. The molecule has 0 amide bonds. The Balaban J connectivity index is 1.11. The number of furan rings is 3. The zero-order valence-electron chi connectivity index (χ0n) is 27.1. The van der Waals surface area contributed by atoms with Gasteiger partial charge in [0.15, 0.2) is 6.17 Å². The molecule has 1 aliphatic heterocycles. The van der Waals surface area contributed by atoms with Crippen molar-refractivity contribution >= 4 is 77.5 Å². The molecular weight excluding hydrogens is 631 g/mol. The van der Waals surface area contributed by atoms with Crippen LogP contribution in [0.3, 0.4) is 0 Å². The van der Waals surface area contributed by atoms with E-state index in [1.165, 1.54) is 0 Å². The SMILES string of the molecule is c1ccc(C2=NC(c3cccc4oc5c(-c6cccc7c6oc6ccccc67)cccc5c34)N=C(c3ccc4oc5ccccc5c4c3)N2)cc1. The lowest BCUT2D eigenvalue weighted by atomic mass is 9.98. The van der Waals surface area contributed by atoms with Crippen molar-refractivity contribution in [1.29, 1.82) is 0 Å². The van der Waals surface area contributed by atoms with Gasteiger partial charge in [0.2, 0.25) is 0 Å². The normalized spacial score (nSPS) is 14.9. The maximum Gasteiger partial charge on any atom is 0.170 e. The summed E-state index contributed by atoms with van der Waals surface area (Å²) in [6.07, 6.45) is -0.528. The fraction of sp³-hybridized carbons (Fsp3) is 0.0222. The van der Waals surface area contributed by atoms with Gasteiger partial charge >= 0.3 is 0 Å². The summed E-state index contributed by atoms with van der Waals surface area (Å²) in [5, 5.41) is 9.86. The predicted molar refractivity (Wildman–Crippen MR) is 206 cm³/mol. The van der Waals surface area contributed by atoms with Crippen LogP contribution in [0.25, 0.3) is 76.9 Å². The van der Waals surface area contributed by atoms with Gasteiger partial charge in [-0.1, -0.05) is 115 Å². The second-order valence-corrected chi connectivity index (χ2v) is 12.9. The fourth-order valence-corrected chi connectivity index (χ4v) is 7.61. The molecule has 0 aliphatic carbocycles. The summed E-state index contributed by atoms with van der Waals surface area (Å²) >= 11 is 0. The Morgan fingerprint density at radius 2 is 0.980 bits per heavy atom. The standard InChI is InChI=1S/C45H27N3O3/c1-2-11-26(12-3-1)43-46-44(27-23-24-38-35(25-27)29-14-5-6-20-36(29)49-38)48-45(47-43)34-19-10-22-39-40(34)33-18-9-17-32(42(33)51-39)31-16-8-15-30-28-13-4-7-21-37(28)50-41(30)31/h1-25,45H,(H,46,47,48). The first kappa shape index (κ1) is 28.0. The average Bonchev–Trinajstić information content (AvgIpc) is 3.89. The number of hydrogen-bond acceptors (Lipinski definition) is 6. The highest BCUT2D eigenvalue weighted by Gasteiger charge is 2.25. The van der Waals surface area contributed by atoms with Crippen LogP contribution in [-0.4, -0.2) is 11.7 Å². The van der Waals surface area contributed by atoms with Crippen molar-refractivity contribution in [2.45, 2.75) is 6.17 Å². The topological polar surface area (TPSA) is 76.2 Å². The predicted octanol–water partition coefficient (Wildman–Crippen LogP) is 11.5. The highest BCUT2D eigenvalue weighted by molar-refractivity contribution is 6.19. The van der Waals surface area contributed by atoms with E-state index in [9.17, 15) is 0 Å². The highest BCUT2D eigenvalue weighted by atomic mass is 16.3. The molecule has 240 valence electrons. The van der Waals surface area contributed by atoms with Gasteiger partial charge in [-0.2, -0.15) is 0 Å². The number of benzene rings is 7. The van der Waals surface area contributed by atoms with Crippen molar-refractivity contribution in [3.8, 4) is 11.1 Å². The molecule has 7 aromatic carbocycles. The molecule has 0 bridgehead atoms. The summed E-state index contributed by atoms with van der Waals surface area (Å²) in [6.45, 7) is 0. The number of amidine groups is 2. The number of aliphatic imine (C=N–C) groups is 2. The minimum Gasteiger partial charge on any atom is -0.456 e. The van der Waals surface area contributed by atoms with E-state index in [1.54, 1.807) is 0 Å². The van der Waals surface area contributed by atoms with Crippen LogP contribution < -0.4 is 5.32 Å². The van der Waals surface area contributed by atoms with E-state index in [4.69, 9.17) is 23.2 Å². The smallest absolute Gasteiger partial charge is 0.170 e. The van der Waals surface area contributed by atoms with E-state index in [-0.39, 0.29) is 0 Å². The van der Waals surface area contributed by atoms with Crippen LogP contribution in [0.4, 0.5) is 0 Å². The summed E-state index contributed by atoms with van der Waals surface area (Å²) in [5.74, 6) is 1.49. The Morgan fingerprint density at radius 3 is 1.78 bits per heavy atom. The second-order valence-electron chi connectivity index (χ2n) is 12.9. The molecule has 6 heteroatoms. The molecule has 0 fully saturated rings. The molecule has 0 radical (unpaired) electrons.